The molecule has 2 N–H and O–H groups in total. The van der Waals surface area contributed by atoms with E-state index in [0.717, 1.165) is 0 Å². The van der Waals surface area contributed by atoms with E-state index in [1.165, 1.54) is 0 Å². The first-order valence-corrected chi connectivity index (χ1v) is 7.47. The smallest absolute Gasteiger partial charge is 0.189 e. The first-order valence-electron chi connectivity index (χ1n) is 6.67. The number of ether oxygens (including phenoxy) is 2. The lowest BCUT2D eigenvalue weighted by Gasteiger charge is -2.34. The molecule has 7 heteroatoms. The molecule has 1 aliphatic rings. The predicted molar refractivity (Wildman–Crippen MR) is 77.7 cm³/mol. The summed E-state index contributed by atoms with van der Waals surface area (Å²) in [6.07, 6.45) is 2.96. The van der Waals surface area contributed by atoms with Crippen LogP contribution in [0, 0.1) is 5.41 Å². The van der Waals surface area contributed by atoms with Crippen molar-refractivity contribution in [2.75, 3.05) is 33.5 Å². The van der Waals surface area contributed by atoms with E-state index in [1.807, 2.05) is 0 Å². The van der Waals surface area contributed by atoms with Crippen LogP contribution in [0.1, 0.15) is 23.3 Å². The van der Waals surface area contributed by atoms with Crippen LogP contribution < -0.4 is 5.73 Å². The summed E-state index contributed by atoms with van der Waals surface area (Å²) in [5.74, 6) is 0.0452. The fourth-order valence-electron chi connectivity index (χ4n) is 2.47. The lowest BCUT2D eigenvalue weighted by molar-refractivity contribution is 0.0192. The summed E-state index contributed by atoms with van der Waals surface area (Å²) < 4.78 is 12.8. The van der Waals surface area contributed by atoms with Crippen LogP contribution in [0.2, 0.25) is 0 Å². The summed E-state index contributed by atoms with van der Waals surface area (Å²) in [6.45, 7) is 2.53. The number of nitrogens with two attached hydrogens (primary N) is 1. The van der Waals surface area contributed by atoms with Crippen molar-refractivity contribution < 1.29 is 14.3 Å². The average molecular weight is 346 g/mol. The maximum absolute atomic E-state index is 13.0. The standard InChI is InChI=1S/C13H20BrN3O3/c1-19-7-4-17-11(10(14)8-16-17)12(18)13(9-15)2-5-20-6-3-13/h8H,2-7,9,15H2,1H3. The Hall–Kier alpha value is -0.760. The maximum Gasteiger partial charge on any atom is 0.189 e. The van der Waals surface area contributed by atoms with Crippen LogP contribution in [0.25, 0.3) is 0 Å². The van der Waals surface area contributed by atoms with E-state index in [9.17, 15) is 4.79 Å². The number of carbonyl (C=O) groups excluding carboxylic acids is 1. The van der Waals surface area contributed by atoms with E-state index in [0.29, 0.717) is 55.9 Å². The zero-order chi connectivity index (χ0) is 14.6. The number of hydrogen-bond donors (Lipinski definition) is 1. The summed E-state index contributed by atoms with van der Waals surface area (Å²) in [7, 11) is 1.62. The van der Waals surface area contributed by atoms with Crippen LogP contribution in [0.5, 0.6) is 0 Å². The lowest BCUT2D eigenvalue weighted by atomic mass is 9.75. The highest BCUT2D eigenvalue weighted by molar-refractivity contribution is 9.10. The van der Waals surface area contributed by atoms with Gasteiger partial charge in [-0.3, -0.25) is 9.48 Å². The lowest BCUT2D eigenvalue weighted by Crippen LogP contribution is -2.44. The van der Waals surface area contributed by atoms with E-state index < -0.39 is 5.41 Å². The molecule has 1 aromatic rings. The van der Waals surface area contributed by atoms with Gasteiger partial charge in [0.15, 0.2) is 5.78 Å². The van der Waals surface area contributed by atoms with Crippen molar-refractivity contribution in [3.63, 3.8) is 0 Å². The Labute approximate surface area is 126 Å². The fourth-order valence-corrected chi connectivity index (χ4v) is 2.95. The Morgan fingerprint density at radius 2 is 2.30 bits per heavy atom. The average Bonchev–Trinajstić information content (AvgIpc) is 2.85. The van der Waals surface area contributed by atoms with Crippen molar-refractivity contribution in [1.82, 2.24) is 9.78 Å². The number of ketones is 1. The third-order valence-electron chi connectivity index (χ3n) is 3.84. The van der Waals surface area contributed by atoms with Gasteiger partial charge in [-0.2, -0.15) is 5.10 Å². The predicted octanol–water partition coefficient (Wildman–Crippen LogP) is 1.23. The summed E-state index contributed by atoms with van der Waals surface area (Å²) >= 11 is 3.41. The summed E-state index contributed by atoms with van der Waals surface area (Å²) in [5, 5.41) is 4.23. The molecule has 0 atom stereocenters. The molecule has 1 saturated heterocycles. The van der Waals surface area contributed by atoms with Crippen molar-refractivity contribution in [2.45, 2.75) is 19.4 Å². The van der Waals surface area contributed by atoms with E-state index in [4.69, 9.17) is 15.2 Å². The number of nitrogens with zero attached hydrogens (tertiary/aromatic N) is 2. The number of Topliss-reactive ketones (excluding diaryl/α,β-unsaturated/α-hetero) is 1. The van der Waals surface area contributed by atoms with E-state index in [1.54, 1.807) is 18.0 Å². The largest absolute Gasteiger partial charge is 0.383 e. The van der Waals surface area contributed by atoms with Gasteiger partial charge in [0.1, 0.15) is 5.69 Å². The second-order valence-electron chi connectivity index (χ2n) is 4.98. The zero-order valence-corrected chi connectivity index (χ0v) is 13.2. The molecular weight excluding hydrogens is 326 g/mol. The van der Waals surface area contributed by atoms with Crippen molar-refractivity contribution in [3.05, 3.63) is 16.4 Å². The quantitative estimate of drug-likeness (QED) is 0.784. The topological polar surface area (TPSA) is 79.4 Å². The van der Waals surface area contributed by atoms with Gasteiger partial charge in [0, 0.05) is 26.9 Å². The first kappa shape index (κ1) is 15.6. The number of carbonyl (C=O) groups is 1. The molecule has 1 fully saturated rings. The van der Waals surface area contributed by atoms with Gasteiger partial charge in [-0.15, -0.1) is 0 Å². The monoisotopic (exact) mass is 345 g/mol. The molecule has 1 aromatic heterocycles. The second kappa shape index (κ2) is 6.80. The minimum absolute atomic E-state index is 0.0452. The van der Waals surface area contributed by atoms with E-state index in [-0.39, 0.29) is 5.78 Å². The third-order valence-corrected chi connectivity index (χ3v) is 4.42. The molecule has 2 heterocycles. The molecule has 0 amide bonds. The normalized spacial score (nSPS) is 18.1. The molecule has 20 heavy (non-hydrogen) atoms. The second-order valence-corrected chi connectivity index (χ2v) is 5.84. The van der Waals surface area contributed by atoms with Crippen LogP contribution in [0.15, 0.2) is 10.7 Å². The molecule has 0 radical (unpaired) electrons. The Bertz CT molecular complexity index is 469. The highest BCUT2D eigenvalue weighted by Crippen LogP contribution is 2.35. The molecule has 0 aliphatic carbocycles. The number of methoxy groups -OCH3 is 1. The van der Waals surface area contributed by atoms with Gasteiger partial charge in [0.2, 0.25) is 0 Å². The van der Waals surface area contributed by atoms with Crippen molar-refractivity contribution >= 4 is 21.7 Å². The SMILES string of the molecule is COCCn1ncc(Br)c1C(=O)C1(CN)CCOCC1. The van der Waals surface area contributed by atoms with E-state index >= 15 is 0 Å². The molecule has 112 valence electrons. The van der Waals surface area contributed by atoms with Crippen LogP contribution in [0.3, 0.4) is 0 Å². The highest BCUT2D eigenvalue weighted by Gasteiger charge is 2.41. The Balaban J connectivity index is 2.29. The third kappa shape index (κ3) is 2.95. The number of rotatable bonds is 6. The fraction of sp³-hybridized carbons (Fsp3) is 0.692. The number of hydrogen-bond acceptors (Lipinski definition) is 5. The number of halogens is 1. The molecule has 1 aliphatic heterocycles. The van der Waals surface area contributed by atoms with Crippen LogP contribution in [-0.4, -0.2) is 49.0 Å². The Morgan fingerprint density at radius 1 is 1.60 bits per heavy atom. The van der Waals surface area contributed by atoms with Gasteiger partial charge in [-0.25, -0.2) is 0 Å². The van der Waals surface area contributed by atoms with Gasteiger partial charge >= 0.3 is 0 Å². The van der Waals surface area contributed by atoms with Crippen LogP contribution >= 0.6 is 15.9 Å². The minimum atomic E-state index is -0.536. The molecule has 6 nitrogen and oxygen atoms in total. The highest BCUT2D eigenvalue weighted by atomic mass is 79.9. The molecule has 0 aromatic carbocycles. The van der Waals surface area contributed by atoms with Gasteiger partial charge in [-0.05, 0) is 28.8 Å². The van der Waals surface area contributed by atoms with Gasteiger partial charge in [-0.1, -0.05) is 0 Å². The maximum atomic E-state index is 13.0. The molecule has 0 saturated carbocycles. The van der Waals surface area contributed by atoms with E-state index in [2.05, 4.69) is 21.0 Å². The molecule has 0 unspecified atom stereocenters. The van der Waals surface area contributed by atoms with Crippen molar-refractivity contribution in [1.29, 1.82) is 0 Å². The van der Waals surface area contributed by atoms with Crippen molar-refractivity contribution in [3.8, 4) is 0 Å². The van der Waals surface area contributed by atoms with Crippen LogP contribution in [0.4, 0.5) is 0 Å². The van der Waals surface area contributed by atoms with Crippen molar-refractivity contribution in [2.24, 2.45) is 11.1 Å². The van der Waals surface area contributed by atoms with Gasteiger partial charge < -0.3 is 15.2 Å². The molecule has 2 rings (SSSR count). The first-order chi connectivity index (χ1) is 9.64. The Kier molecular flexibility index (Phi) is 5.31. The molecule has 0 spiro atoms. The molecular formula is C13H20BrN3O3. The Morgan fingerprint density at radius 3 is 2.90 bits per heavy atom. The van der Waals surface area contributed by atoms with Gasteiger partial charge in [0.25, 0.3) is 0 Å². The zero-order valence-electron chi connectivity index (χ0n) is 11.6. The minimum Gasteiger partial charge on any atom is -0.383 e. The summed E-state index contributed by atoms with van der Waals surface area (Å²) in [5.41, 5.74) is 5.94. The van der Waals surface area contributed by atoms with Crippen LogP contribution in [-0.2, 0) is 16.0 Å². The molecule has 0 bridgehead atoms. The number of aromatic nitrogens is 2. The van der Waals surface area contributed by atoms with Gasteiger partial charge in [0.05, 0.1) is 29.2 Å². The summed E-state index contributed by atoms with van der Waals surface area (Å²) in [6, 6.07) is 0. The summed E-state index contributed by atoms with van der Waals surface area (Å²) in [4.78, 5) is 13.0.